The Kier molecular flexibility index (Phi) is 38.1. The van der Waals surface area contributed by atoms with Crippen molar-refractivity contribution in [1.29, 1.82) is 0 Å². The van der Waals surface area contributed by atoms with Gasteiger partial charge in [0.1, 0.15) is 66.2 Å². The SMILES string of the molecule is CCCC[C@H](NC(=O)[C@H](Cc1ccccc1)NC(=O)[C@H](CO)NC(=O)[C@@H](N)CC(N)=O)C(=O)N[C@@H](C)C(=O)N[C@@H](CC(C)C)C(=O)N[C@@H](Cc1ccc(O)cc1)C(=O)N[C@@H](CC(C)C)C(=O)N[C@@H](CO)C(=O)N[C@@H](CCCCN)C(=O)NCC(=O)N[C@@H](CCCN=C(N)N)C(=O)O. The molecule has 97 heavy (non-hydrogen) atoms. The van der Waals surface area contributed by atoms with Crippen LogP contribution in [0.25, 0.3) is 0 Å². The number of nitrogens with zero attached hydrogens (tertiary/aromatic N) is 1. The summed E-state index contributed by atoms with van der Waals surface area (Å²) in [5.74, 6) is -13.2. The lowest BCUT2D eigenvalue weighted by molar-refractivity contribution is -0.142. The lowest BCUT2D eigenvalue weighted by Gasteiger charge is -2.28. The van der Waals surface area contributed by atoms with Crippen LogP contribution >= 0.6 is 0 Å². The number of carbonyl (C=O) groups excluding carboxylic acids is 12. The van der Waals surface area contributed by atoms with E-state index in [0.717, 1.165) is 0 Å². The number of unbranched alkanes of at least 4 members (excludes halogenated alkanes) is 2. The monoisotopic (exact) mass is 1370 g/mol. The Labute approximate surface area is 563 Å². The van der Waals surface area contributed by atoms with Crippen molar-refractivity contribution in [1.82, 2.24) is 58.5 Å². The summed E-state index contributed by atoms with van der Waals surface area (Å²) in [4.78, 5) is 179. The maximum absolute atomic E-state index is 14.6. The third-order valence-electron chi connectivity index (χ3n) is 14.8. The zero-order valence-electron chi connectivity index (χ0n) is 55.9. The molecule has 0 bridgehead atoms. The molecule has 0 aliphatic carbocycles. The predicted molar refractivity (Wildman–Crippen MR) is 355 cm³/mol. The number of guanidine groups is 1. The van der Waals surface area contributed by atoms with Crippen LogP contribution in [0.15, 0.2) is 59.6 Å². The van der Waals surface area contributed by atoms with Gasteiger partial charge < -0.3 is 108 Å². The number of primary amides is 1. The third-order valence-corrected chi connectivity index (χ3v) is 14.8. The second-order valence-electron chi connectivity index (χ2n) is 24.2. The standard InChI is InChI=1S/C63H101N17O17/c1-7-8-17-42(74-58(92)46(28-37-15-10-9-11-16-37)78-61(95)48(32-81)79-53(87)40(65)30-50(66)84)55(89)71-36(6)52(86)75-44(26-34(2)3)56(90)77-47(29-38-20-22-39(83)23-21-38)59(93)76-45(27-35(4)5)57(91)80-49(33-82)60(94)73-41(18-12-13-24-64)54(88)70-31-51(85)72-43(62(96)97)19-14-25-69-63(67)68/h9-11,15-16,20-23,34-36,40-49,81-83H,7-8,12-14,17-19,24-33,64-65H2,1-6H3,(H2,66,84)(H,70,88)(H,71,89)(H,72,85)(H,73,94)(H,74,92)(H,75,86)(H,76,93)(H,77,90)(H,78,95)(H,79,87)(H,80,91)(H,96,97)(H4,67,68,69)/t36-,40-,41-,42-,43-,44-,45-,46-,47-,48-,49-/m0/s1. The van der Waals surface area contributed by atoms with Gasteiger partial charge in [0.05, 0.1) is 32.2 Å². The normalized spacial score (nSPS) is 14.5. The highest BCUT2D eigenvalue weighted by atomic mass is 16.4. The molecule has 0 saturated carbocycles. The summed E-state index contributed by atoms with van der Waals surface area (Å²) in [6.07, 6.45) is 0.837. The van der Waals surface area contributed by atoms with Gasteiger partial charge in [-0.3, -0.25) is 62.5 Å². The summed E-state index contributed by atoms with van der Waals surface area (Å²) >= 11 is 0. The lowest BCUT2D eigenvalue weighted by Crippen LogP contribution is -2.61. The number of carboxylic acid groups (broad SMARTS) is 1. The fourth-order valence-electron chi connectivity index (χ4n) is 9.56. The number of amides is 12. The average Bonchev–Trinajstić information content (AvgIpc) is 0.897. The quantitative estimate of drug-likeness (QED) is 0.0167. The molecule has 11 atom stereocenters. The molecular weight excluding hydrogens is 1270 g/mol. The number of phenols is 1. The van der Waals surface area contributed by atoms with Crippen molar-refractivity contribution in [2.45, 2.75) is 191 Å². The number of carboxylic acids is 1. The van der Waals surface area contributed by atoms with Crippen LogP contribution < -0.4 is 87.2 Å². The van der Waals surface area contributed by atoms with Crippen molar-refractivity contribution in [3.8, 4) is 5.75 Å². The maximum atomic E-state index is 14.6. The van der Waals surface area contributed by atoms with Gasteiger partial charge in [-0.1, -0.05) is 89.9 Å². The van der Waals surface area contributed by atoms with E-state index in [0.29, 0.717) is 36.8 Å². The van der Waals surface area contributed by atoms with Crippen LogP contribution in [0.2, 0.25) is 0 Å². The number of hydrogen-bond acceptors (Lipinski definition) is 19. The number of phenolic OH excluding ortho intramolecular Hbond substituents is 1. The molecule has 34 heteroatoms. The smallest absolute Gasteiger partial charge is 0.326 e. The van der Waals surface area contributed by atoms with Crippen LogP contribution in [0.5, 0.6) is 5.75 Å². The molecule has 25 N–H and O–H groups in total. The highest BCUT2D eigenvalue weighted by Gasteiger charge is 2.36. The van der Waals surface area contributed by atoms with Crippen molar-refractivity contribution >= 4 is 82.8 Å². The molecule has 0 aliphatic heterocycles. The molecule has 34 nitrogen and oxygen atoms in total. The Morgan fingerprint density at radius 2 is 0.897 bits per heavy atom. The van der Waals surface area contributed by atoms with Gasteiger partial charge >= 0.3 is 5.97 Å². The van der Waals surface area contributed by atoms with Crippen LogP contribution in [-0.4, -0.2) is 203 Å². The maximum Gasteiger partial charge on any atom is 0.326 e. The van der Waals surface area contributed by atoms with Gasteiger partial charge in [0.15, 0.2) is 5.96 Å². The van der Waals surface area contributed by atoms with Gasteiger partial charge in [-0.05, 0) is 99.9 Å². The third kappa shape index (κ3) is 32.6. The Balaban J connectivity index is 2.39. The molecule has 0 heterocycles. The number of aliphatic imine (C=N–C) groups is 1. The number of rotatable bonds is 46. The Bertz CT molecular complexity index is 2950. The molecule has 0 aromatic heterocycles. The summed E-state index contributed by atoms with van der Waals surface area (Å²) in [5, 5.41) is 67.7. The minimum absolute atomic E-state index is 0.0127. The minimum Gasteiger partial charge on any atom is -0.508 e. The molecule has 540 valence electrons. The molecule has 12 amide bonds. The number of nitrogens with one attached hydrogen (secondary N) is 11. The van der Waals surface area contributed by atoms with E-state index in [1.807, 2.05) is 6.92 Å². The Hall–Kier alpha value is -9.54. The van der Waals surface area contributed by atoms with E-state index in [1.165, 1.54) is 31.2 Å². The van der Waals surface area contributed by atoms with Crippen molar-refractivity contribution < 1.29 is 82.8 Å². The Morgan fingerprint density at radius 3 is 1.37 bits per heavy atom. The fourth-order valence-corrected chi connectivity index (χ4v) is 9.56. The summed E-state index contributed by atoms with van der Waals surface area (Å²) < 4.78 is 0. The number of hydrogen-bond donors (Lipinski definition) is 20. The van der Waals surface area contributed by atoms with Gasteiger partial charge in [0, 0.05) is 19.4 Å². The average molecular weight is 1370 g/mol. The van der Waals surface area contributed by atoms with E-state index >= 15 is 0 Å². The summed E-state index contributed by atoms with van der Waals surface area (Å²) in [5.41, 5.74) is 28.1. The lowest BCUT2D eigenvalue weighted by atomic mass is 9.99. The van der Waals surface area contributed by atoms with Gasteiger partial charge in [0.2, 0.25) is 70.9 Å². The first kappa shape index (κ1) is 83.5. The van der Waals surface area contributed by atoms with Crippen molar-refractivity contribution in [2.24, 2.45) is 45.5 Å². The van der Waals surface area contributed by atoms with E-state index < -0.39 is 169 Å². The first-order valence-electron chi connectivity index (χ1n) is 32.2. The van der Waals surface area contributed by atoms with Crippen molar-refractivity contribution in [2.75, 3.05) is 32.8 Å². The predicted octanol–water partition coefficient (Wildman–Crippen LogP) is -5.10. The van der Waals surface area contributed by atoms with Crippen LogP contribution in [0, 0.1) is 11.8 Å². The number of aliphatic hydroxyl groups is 2. The minimum atomic E-state index is -1.72. The van der Waals surface area contributed by atoms with Crippen molar-refractivity contribution in [3.63, 3.8) is 0 Å². The molecule has 0 unspecified atom stereocenters. The topological polar surface area (TPSA) is 578 Å². The molecule has 0 saturated heterocycles. The first-order valence-corrected chi connectivity index (χ1v) is 32.2. The zero-order chi connectivity index (χ0) is 72.9. The van der Waals surface area contributed by atoms with Crippen LogP contribution in [0.1, 0.15) is 123 Å². The largest absolute Gasteiger partial charge is 0.508 e. The number of benzene rings is 2. The first-order chi connectivity index (χ1) is 45.8. The highest BCUT2D eigenvalue weighted by molar-refractivity contribution is 5.99. The number of nitrogens with two attached hydrogens (primary N) is 5. The molecule has 0 spiro atoms. The second-order valence-corrected chi connectivity index (χ2v) is 24.2. The molecular formula is C63H101N17O17. The van der Waals surface area contributed by atoms with Gasteiger partial charge in [-0.25, -0.2) is 4.79 Å². The summed E-state index contributed by atoms with van der Waals surface area (Å²) in [6, 6.07) is -1.84. The molecule has 0 radical (unpaired) electrons. The number of aromatic hydroxyl groups is 1. The molecule has 2 aromatic rings. The van der Waals surface area contributed by atoms with E-state index in [9.17, 15) is 82.8 Å². The zero-order valence-corrected chi connectivity index (χ0v) is 55.9. The van der Waals surface area contributed by atoms with E-state index in [-0.39, 0.29) is 88.0 Å². The van der Waals surface area contributed by atoms with Gasteiger partial charge in [-0.15, -0.1) is 0 Å². The number of carbonyl (C=O) groups is 13. The highest BCUT2D eigenvalue weighted by Crippen LogP contribution is 2.15. The van der Waals surface area contributed by atoms with Gasteiger partial charge in [-0.2, -0.15) is 0 Å². The summed E-state index contributed by atoms with van der Waals surface area (Å²) in [6.45, 7) is 7.79. The number of aliphatic hydroxyl groups excluding tert-OH is 2. The number of aliphatic carboxylic acids is 1. The fraction of sp³-hybridized carbons (Fsp3) is 0.587. The molecule has 0 fully saturated rings. The van der Waals surface area contributed by atoms with Crippen LogP contribution in [0.4, 0.5) is 0 Å². The van der Waals surface area contributed by atoms with E-state index in [2.05, 4.69) is 63.5 Å². The van der Waals surface area contributed by atoms with Crippen LogP contribution in [0.3, 0.4) is 0 Å². The van der Waals surface area contributed by atoms with E-state index in [1.54, 1.807) is 58.0 Å². The van der Waals surface area contributed by atoms with Crippen LogP contribution in [-0.2, 0) is 75.2 Å². The molecule has 2 aromatic carbocycles. The van der Waals surface area contributed by atoms with E-state index in [4.69, 9.17) is 28.7 Å². The van der Waals surface area contributed by atoms with Crippen molar-refractivity contribution in [3.05, 3.63) is 65.7 Å². The molecule has 2 rings (SSSR count). The second kappa shape index (κ2) is 44.2. The van der Waals surface area contributed by atoms with Gasteiger partial charge in [0.25, 0.3) is 0 Å². The summed E-state index contributed by atoms with van der Waals surface area (Å²) in [7, 11) is 0. The Morgan fingerprint density at radius 1 is 0.474 bits per heavy atom. The molecule has 0 aliphatic rings.